The van der Waals surface area contributed by atoms with E-state index in [2.05, 4.69) is 22.6 Å². The average molecular weight is 309 g/mol. The third-order valence-electron chi connectivity index (χ3n) is 1.74. The molecule has 14 heavy (non-hydrogen) atoms. The summed E-state index contributed by atoms with van der Waals surface area (Å²) in [5.41, 5.74) is -0.409. The van der Waals surface area contributed by atoms with Gasteiger partial charge in [-0.05, 0) is 56.2 Å². The van der Waals surface area contributed by atoms with Crippen molar-refractivity contribution >= 4 is 28.7 Å². The largest absolute Gasteiger partial charge is 0.443 e. The Morgan fingerprint density at radius 2 is 2.21 bits per heavy atom. The van der Waals surface area contributed by atoms with E-state index in [0.29, 0.717) is 0 Å². The van der Waals surface area contributed by atoms with Gasteiger partial charge in [-0.2, -0.15) is 0 Å². The SMILES string of the molecule is CC(C)(C)OC(=O)N1C=C(I)CCC1. The predicted molar refractivity (Wildman–Crippen MR) is 64.3 cm³/mol. The summed E-state index contributed by atoms with van der Waals surface area (Å²) in [7, 11) is 0. The number of halogens is 1. The second-order valence-electron chi connectivity index (χ2n) is 4.35. The lowest BCUT2D eigenvalue weighted by molar-refractivity contribution is 0.0327. The molecule has 1 aliphatic rings. The number of carbonyl (C=O) groups excluding carboxylic acids is 1. The second-order valence-corrected chi connectivity index (χ2v) is 5.74. The molecule has 3 nitrogen and oxygen atoms in total. The summed E-state index contributed by atoms with van der Waals surface area (Å²) in [5.74, 6) is 0. The Balaban J connectivity index is 2.57. The molecular weight excluding hydrogens is 293 g/mol. The highest BCUT2D eigenvalue weighted by Gasteiger charge is 2.22. The van der Waals surface area contributed by atoms with Crippen molar-refractivity contribution in [1.29, 1.82) is 0 Å². The van der Waals surface area contributed by atoms with E-state index < -0.39 is 5.60 Å². The van der Waals surface area contributed by atoms with Crippen molar-refractivity contribution in [2.45, 2.75) is 39.2 Å². The van der Waals surface area contributed by atoms with E-state index >= 15 is 0 Å². The summed E-state index contributed by atoms with van der Waals surface area (Å²) >= 11 is 2.25. The molecule has 4 heteroatoms. The van der Waals surface area contributed by atoms with Gasteiger partial charge in [0.15, 0.2) is 0 Å². The lowest BCUT2D eigenvalue weighted by Gasteiger charge is -2.27. The van der Waals surface area contributed by atoms with Gasteiger partial charge < -0.3 is 4.74 Å². The van der Waals surface area contributed by atoms with Crippen molar-refractivity contribution in [3.05, 3.63) is 9.78 Å². The predicted octanol–water partition coefficient (Wildman–Crippen LogP) is 3.29. The molecule has 1 rings (SSSR count). The van der Waals surface area contributed by atoms with Crippen LogP contribution in [0.25, 0.3) is 0 Å². The van der Waals surface area contributed by atoms with Gasteiger partial charge in [0, 0.05) is 16.3 Å². The van der Waals surface area contributed by atoms with Gasteiger partial charge in [0.2, 0.25) is 0 Å². The van der Waals surface area contributed by atoms with Crippen LogP contribution in [0, 0.1) is 0 Å². The Hall–Kier alpha value is -0.260. The quantitative estimate of drug-likeness (QED) is 0.643. The molecule has 1 heterocycles. The summed E-state index contributed by atoms with van der Waals surface area (Å²) in [5, 5.41) is 0. The number of ether oxygens (including phenoxy) is 1. The fourth-order valence-corrected chi connectivity index (χ4v) is 1.90. The molecule has 0 atom stereocenters. The number of rotatable bonds is 0. The molecule has 0 N–H and O–H groups in total. The highest BCUT2D eigenvalue weighted by Crippen LogP contribution is 2.21. The zero-order valence-electron chi connectivity index (χ0n) is 8.84. The van der Waals surface area contributed by atoms with Gasteiger partial charge in [-0.1, -0.05) is 0 Å². The van der Waals surface area contributed by atoms with Crippen LogP contribution in [0.4, 0.5) is 4.79 Å². The summed E-state index contributed by atoms with van der Waals surface area (Å²) < 4.78 is 6.47. The first kappa shape index (κ1) is 11.8. The topological polar surface area (TPSA) is 29.5 Å². The molecule has 0 saturated carbocycles. The Labute approximate surface area is 98.6 Å². The third kappa shape index (κ3) is 3.86. The smallest absolute Gasteiger partial charge is 0.414 e. The molecule has 0 radical (unpaired) electrons. The number of amides is 1. The van der Waals surface area contributed by atoms with E-state index in [4.69, 9.17) is 4.74 Å². The Morgan fingerprint density at radius 1 is 1.57 bits per heavy atom. The van der Waals surface area contributed by atoms with Crippen LogP contribution in [-0.4, -0.2) is 23.1 Å². The minimum atomic E-state index is -0.409. The molecule has 1 amide bonds. The first-order valence-corrected chi connectivity index (χ1v) is 5.82. The van der Waals surface area contributed by atoms with E-state index in [1.165, 1.54) is 3.58 Å². The van der Waals surface area contributed by atoms with Gasteiger partial charge in [0.05, 0.1) is 0 Å². The van der Waals surface area contributed by atoms with Gasteiger partial charge in [-0.25, -0.2) is 4.79 Å². The van der Waals surface area contributed by atoms with Crippen LogP contribution in [0.2, 0.25) is 0 Å². The van der Waals surface area contributed by atoms with E-state index in [9.17, 15) is 4.79 Å². The average Bonchev–Trinajstić information content (AvgIpc) is 2.01. The molecular formula is C10H16INO2. The Morgan fingerprint density at radius 3 is 2.71 bits per heavy atom. The molecule has 0 unspecified atom stereocenters. The van der Waals surface area contributed by atoms with Crippen LogP contribution in [-0.2, 0) is 4.74 Å². The molecule has 0 aromatic heterocycles. The highest BCUT2D eigenvalue weighted by molar-refractivity contribution is 14.1. The van der Waals surface area contributed by atoms with Gasteiger partial charge in [0.25, 0.3) is 0 Å². The van der Waals surface area contributed by atoms with E-state index in [0.717, 1.165) is 19.4 Å². The van der Waals surface area contributed by atoms with Crippen molar-refractivity contribution in [3.63, 3.8) is 0 Å². The maximum atomic E-state index is 11.6. The first-order chi connectivity index (χ1) is 6.38. The number of hydrogen-bond acceptors (Lipinski definition) is 2. The summed E-state index contributed by atoms with van der Waals surface area (Å²) in [6.45, 7) is 6.40. The van der Waals surface area contributed by atoms with Gasteiger partial charge in [-0.3, -0.25) is 4.90 Å². The van der Waals surface area contributed by atoms with Crippen LogP contribution in [0.5, 0.6) is 0 Å². The Kier molecular flexibility index (Phi) is 3.80. The number of allylic oxidation sites excluding steroid dienone is 1. The van der Waals surface area contributed by atoms with Crippen molar-refractivity contribution in [1.82, 2.24) is 4.90 Å². The lowest BCUT2D eigenvalue weighted by atomic mass is 10.2. The van der Waals surface area contributed by atoms with Gasteiger partial charge >= 0.3 is 6.09 Å². The standard InChI is InChI=1S/C10H16INO2/c1-10(2,3)14-9(13)12-6-4-5-8(11)7-12/h7H,4-6H2,1-3H3. The summed E-state index contributed by atoms with van der Waals surface area (Å²) in [6.07, 6.45) is 3.72. The molecule has 0 bridgehead atoms. The second kappa shape index (κ2) is 4.51. The molecule has 0 aromatic rings. The van der Waals surface area contributed by atoms with Crippen LogP contribution < -0.4 is 0 Å². The summed E-state index contributed by atoms with van der Waals surface area (Å²) in [4.78, 5) is 13.3. The minimum Gasteiger partial charge on any atom is -0.443 e. The van der Waals surface area contributed by atoms with Crippen LogP contribution in [0.3, 0.4) is 0 Å². The van der Waals surface area contributed by atoms with Crippen molar-refractivity contribution in [2.24, 2.45) is 0 Å². The summed E-state index contributed by atoms with van der Waals surface area (Å²) in [6, 6.07) is 0. The van der Waals surface area contributed by atoms with E-state index in [1.807, 2.05) is 27.0 Å². The van der Waals surface area contributed by atoms with E-state index in [1.54, 1.807) is 4.90 Å². The highest BCUT2D eigenvalue weighted by atomic mass is 127. The first-order valence-electron chi connectivity index (χ1n) is 4.74. The molecule has 0 spiro atoms. The fraction of sp³-hybridized carbons (Fsp3) is 0.700. The number of nitrogens with zero attached hydrogens (tertiary/aromatic N) is 1. The van der Waals surface area contributed by atoms with Crippen molar-refractivity contribution in [2.75, 3.05) is 6.54 Å². The maximum absolute atomic E-state index is 11.6. The molecule has 80 valence electrons. The number of hydrogen-bond donors (Lipinski definition) is 0. The minimum absolute atomic E-state index is 0.244. The third-order valence-corrected chi connectivity index (χ3v) is 2.56. The van der Waals surface area contributed by atoms with Crippen molar-refractivity contribution < 1.29 is 9.53 Å². The normalized spacial score (nSPS) is 17.7. The van der Waals surface area contributed by atoms with Gasteiger partial charge in [0.1, 0.15) is 5.60 Å². The number of carbonyl (C=O) groups is 1. The molecule has 0 aromatic carbocycles. The van der Waals surface area contributed by atoms with E-state index in [-0.39, 0.29) is 6.09 Å². The zero-order valence-corrected chi connectivity index (χ0v) is 11.0. The fourth-order valence-electron chi connectivity index (χ4n) is 1.18. The molecule has 0 saturated heterocycles. The van der Waals surface area contributed by atoms with Gasteiger partial charge in [-0.15, -0.1) is 0 Å². The Bertz CT molecular complexity index is 255. The van der Waals surface area contributed by atoms with Crippen LogP contribution in [0.1, 0.15) is 33.6 Å². The lowest BCUT2D eigenvalue weighted by Crippen LogP contribution is -2.35. The zero-order chi connectivity index (χ0) is 10.8. The van der Waals surface area contributed by atoms with Crippen LogP contribution >= 0.6 is 22.6 Å². The molecule has 1 aliphatic heterocycles. The van der Waals surface area contributed by atoms with Crippen molar-refractivity contribution in [3.8, 4) is 0 Å². The monoisotopic (exact) mass is 309 g/mol. The van der Waals surface area contributed by atoms with Crippen LogP contribution in [0.15, 0.2) is 9.78 Å². The molecule has 0 fully saturated rings. The molecule has 0 aliphatic carbocycles. The maximum Gasteiger partial charge on any atom is 0.414 e.